The second-order valence-corrected chi connectivity index (χ2v) is 6.66. The molecule has 0 amide bonds. The van der Waals surface area contributed by atoms with Crippen LogP contribution < -0.4 is 5.32 Å². The number of ether oxygens (including phenoxy) is 1. The second kappa shape index (κ2) is 6.65. The summed E-state index contributed by atoms with van der Waals surface area (Å²) >= 11 is 12.3. The fourth-order valence-corrected chi connectivity index (χ4v) is 3.83. The topological polar surface area (TPSA) is 21.3 Å². The molecule has 4 heteroatoms. The minimum Gasteiger partial charge on any atom is -0.375 e. The lowest BCUT2D eigenvalue weighted by Crippen LogP contribution is -2.41. The predicted octanol–water partition coefficient (Wildman–Crippen LogP) is 4.18. The highest BCUT2D eigenvalue weighted by atomic mass is 35.5. The number of hydrogen-bond donors (Lipinski definition) is 1. The van der Waals surface area contributed by atoms with Gasteiger partial charge >= 0.3 is 0 Å². The molecule has 5 atom stereocenters. The molecule has 5 unspecified atom stereocenters. The highest BCUT2D eigenvalue weighted by Gasteiger charge is 2.41. The lowest BCUT2D eigenvalue weighted by molar-refractivity contribution is 0.0479. The van der Waals surface area contributed by atoms with Gasteiger partial charge in [-0.25, -0.2) is 0 Å². The number of hydrogen-bond acceptors (Lipinski definition) is 2. The van der Waals surface area contributed by atoms with E-state index < -0.39 is 0 Å². The van der Waals surface area contributed by atoms with Crippen molar-refractivity contribution in [1.82, 2.24) is 5.32 Å². The van der Waals surface area contributed by atoms with Gasteiger partial charge in [0.05, 0.1) is 12.2 Å². The molecule has 1 aromatic carbocycles. The zero-order valence-electron chi connectivity index (χ0n) is 12.5. The van der Waals surface area contributed by atoms with Crippen molar-refractivity contribution < 1.29 is 4.74 Å². The van der Waals surface area contributed by atoms with Gasteiger partial charge in [0.1, 0.15) is 0 Å². The summed E-state index contributed by atoms with van der Waals surface area (Å²) in [7, 11) is 2.01. The summed E-state index contributed by atoms with van der Waals surface area (Å²) < 4.78 is 5.96. The second-order valence-electron chi connectivity index (χ2n) is 5.82. The SMILES string of the molecule is CNC(Cc1ccc(Cl)cc1Cl)C1C(C)OC(C)C1C. The summed E-state index contributed by atoms with van der Waals surface area (Å²) in [4.78, 5) is 0. The third-order valence-corrected chi connectivity index (χ3v) is 5.20. The van der Waals surface area contributed by atoms with Crippen LogP contribution in [0.4, 0.5) is 0 Å². The van der Waals surface area contributed by atoms with Crippen LogP contribution in [0.5, 0.6) is 0 Å². The first kappa shape index (κ1) is 16.1. The van der Waals surface area contributed by atoms with Crippen LogP contribution in [0, 0.1) is 11.8 Å². The van der Waals surface area contributed by atoms with Crippen LogP contribution in [0.1, 0.15) is 26.3 Å². The first-order valence-corrected chi connectivity index (χ1v) is 7.96. The van der Waals surface area contributed by atoms with E-state index in [-0.39, 0.29) is 6.10 Å². The molecule has 1 N–H and O–H groups in total. The molecule has 2 nitrogen and oxygen atoms in total. The molecule has 1 saturated heterocycles. The molecule has 0 aliphatic carbocycles. The highest BCUT2D eigenvalue weighted by molar-refractivity contribution is 6.35. The maximum absolute atomic E-state index is 6.30. The third-order valence-electron chi connectivity index (χ3n) is 4.61. The van der Waals surface area contributed by atoms with Crippen molar-refractivity contribution in [2.45, 2.75) is 45.4 Å². The summed E-state index contributed by atoms with van der Waals surface area (Å²) in [6.45, 7) is 6.59. The van der Waals surface area contributed by atoms with E-state index >= 15 is 0 Å². The molecule has 1 heterocycles. The fourth-order valence-electron chi connectivity index (χ4n) is 3.34. The van der Waals surface area contributed by atoms with Crippen molar-refractivity contribution in [3.05, 3.63) is 33.8 Å². The lowest BCUT2D eigenvalue weighted by Gasteiger charge is -2.29. The molecule has 1 fully saturated rings. The number of halogens is 2. The van der Waals surface area contributed by atoms with E-state index in [2.05, 4.69) is 26.1 Å². The van der Waals surface area contributed by atoms with Crippen molar-refractivity contribution in [2.75, 3.05) is 7.05 Å². The Labute approximate surface area is 131 Å². The molecule has 0 bridgehead atoms. The van der Waals surface area contributed by atoms with E-state index in [1.54, 1.807) is 0 Å². The first-order chi connectivity index (χ1) is 9.43. The smallest absolute Gasteiger partial charge is 0.0597 e. The molecule has 0 saturated carbocycles. The number of likely N-dealkylation sites (N-methyl/N-ethyl adjacent to an activating group) is 1. The fraction of sp³-hybridized carbons (Fsp3) is 0.625. The number of rotatable bonds is 4. The molecule has 20 heavy (non-hydrogen) atoms. The molecular formula is C16H23Cl2NO. The standard InChI is InChI=1S/C16H23Cl2NO/c1-9-10(2)20-11(3)16(9)15(19-4)7-12-5-6-13(17)8-14(12)18/h5-6,8-11,15-16,19H,7H2,1-4H3. The van der Waals surface area contributed by atoms with Crippen LogP contribution in [0.3, 0.4) is 0 Å². The Morgan fingerprint density at radius 1 is 1.20 bits per heavy atom. The molecule has 0 spiro atoms. The number of nitrogens with one attached hydrogen (secondary N) is 1. The molecule has 1 aliphatic rings. The zero-order valence-corrected chi connectivity index (χ0v) is 14.0. The number of benzene rings is 1. The van der Waals surface area contributed by atoms with Crippen LogP contribution in [0.2, 0.25) is 10.0 Å². The largest absolute Gasteiger partial charge is 0.375 e. The quantitative estimate of drug-likeness (QED) is 0.899. The maximum atomic E-state index is 6.30. The highest BCUT2D eigenvalue weighted by Crippen LogP contribution is 2.36. The summed E-state index contributed by atoms with van der Waals surface area (Å²) in [6.07, 6.45) is 1.47. The Balaban J connectivity index is 2.16. The van der Waals surface area contributed by atoms with Gasteiger partial charge in [-0.2, -0.15) is 0 Å². The van der Waals surface area contributed by atoms with Gasteiger partial charge in [-0.3, -0.25) is 0 Å². The van der Waals surface area contributed by atoms with Gasteiger partial charge in [0, 0.05) is 22.0 Å². The van der Waals surface area contributed by atoms with Crippen molar-refractivity contribution in [3.8, 4) is 0 Å². The monoisotopic (exact) mass is 315 g/mol. The van der Waals surface area contributed by atoms with Gasteiger partial charge in [-0.15, -0.1) is 0 Å². The zero-order chi connectivity index (χ0) is 14.9. The van der Waals surface area contributed by atoms with Crippen LogP contribution in [0.25, 0.3) is 0 Å². The van der Waals surface area contributed by atoms with Crippen LogP contribution in [-0.4, -0.2) is 25.3 Å². The van der Waals surface area contributed by atoms with Crippen molar-refractivity contribution >= 4 is 23.2 Å². The van der Waals surface area contributed by atoms with Gasteiger partial charge in [0.15, 0.2) is 0 Å². The van der Waals surface area contributed by atoms with E-state index in [4.69, 9.17) is 27.9 Å². The summed E-state index contributed by atoms with van der Waals surface area (Å²) in [5.74, 6) is 1.02. The molecule has 1 aromatic rings. The van der Waals surface area contributed by atoms with Crippen molar-refractivity contribution in [1.29, 1.82) is 0 Å². The van der Waals surface area contributed by atoms with Gasteiger partial charge in [0.2, 0.25) is 0 Å². The minimum absolute atomic E-state index is 0.267. The average molecular weight is 316 g/mol. The Bertz CT molecular complexity index is 466. The van der Waals surface area contributed by atoms with Gasteiger partial charge in [-0.05, 0) is 50.9 Å². The maximum Gasteiger partial charge on any atom is 0.0597 e. The summed E-state index contributed by atoms with van der Waals surface area (Å²) in [5.41, 5.74) is 1.13. The molecule has 1 aliphatic heterocycles. The van der Waals surface area contributed by atoms with E-state index in [1.807, 2.05) is 25.2 Å². The molecule has 2 rings (SSSR count). The first-order valence-electron chi connectivity index (χ1n) is 7.20. The van der Waals surface area contributed by atoms with Gasteiger partial charge in [-0.1, -0.05) is 36.2 Å². The average Bonchev–Trinajstić information content (AvgIpc) is 2.63. The van der Waals surface area contributed by atoms with Gasteiger partial charge < -0.3 is 10.1 Å². The summed E-state index contributed by atoms with van der Waals surface area (Å²) in [6, 6.07) is 6.08. The molecule has 0 aromatic heterocycles. The predicted molar refractivity (Wildman–Crippen MR) is 85.7 cm³/mol. The van der Waals surface area contributed by atoms with Crippen molar-refractivity contribution in [2.24, 2.45) is 11.8 Å². The Morgan fingerprint density at radius 3 is 2.40 bits per heavy atom. The van der Waals surface area contributed by atoms with Crippen LogP contribution >= 0.6 is 23.2 Å². The van der Waals surface area contributed by atoms with E-state index in [9.17, 15) is 0 Å². The molecular weight excluding hydrogens is 293 g/mol. The van der Waals surface area contributed by atoms with Gasteiger partial charge in [0.25, 0.3) is 0 Å². The van der Waals surface area contributed by atoms with Crippen LogP contribution in [0.15, 0.2) is 18.2 Å². The molecule has 0 radical (unpaired) electrons. The van der Waals surface area contributed by atoms with E-state index in [0.29, 0.717) is 29.0 Å². The molecule has 112 valence electrons. The Morgan fingerprint density at radius 2 is 1.90 bits per heavy atom. The summed E-state index contributed by atoms with van der Waals surface area (Å²) in [5, 5.41) is 4.86. The van der Waals surface area contributed by atoms with E-state index in [1.165, 1.54) is 0 Å². The normalized spacial score (nSPS) is 31.5. The van der Waals surface area contributed by atoms with E-state index in [0.717, 1.165) is 17.0 Å². The third kappa shape index (κ3) is 3.30. The lowest BCUT2D eigenvalue weighted by atomic mass is 9.81. The Kier molecular flexibility index (Phi) is 5.36. The van der Waals surface area contributed by atoms with Crippen LogP contribution in [-0.2, 0) is 11.2 Å². The minimum atomic E-state index is 0.267. The Hall–Kier alpha value is -0.280. The van der Waals surface area contributed by atoms with Crippen molar-refractivity contribution in [3.63, 3.8) is 0 Å².